The summed E-state index contributed by atoms with van der Waals surface area (Å²) < 4.78 is 5.55. The number of nitrogens with zero attached hydrogens (tertiary/aromatic N) is 1. The van der Waals surface area contributed by atoms with Crippen LogP contribution in [0, 0.1) is 11.8 Å². The van der Waals surface area contributed by atoms with Gasteiger partial charge in [0, 0.05) is 18.2 Å². The van der Waals surface area contributed by atoms with Gasteiger partial charge in [-0.2, -0.15) is 0 Å². The molecular formula is C18H20N2O. The Bertz CT molecular complexity index is 595. The van der Waals surface area contributed by atoms with Crippen LogP contribution >= 0.6 is 0 Å². The summed E-state index contributed by atoms with van der Waals surface area (Å²) in [7, 11) is 0. The van der Waals surface area contributed by atoms with E-state index in [9.17, 15) is 0 Å². The molecule has 0 saturated heterocycles. The molecule has 0 fully saturated rings. The fourth-order valence-corrected chi connectivity index (χ4v) is 1.69. The summed E-state index contributed by atoms with van der Waals surface area (Å²) in [6.45, 7) is 5.36. The van der Waals surface area contributed by atoms with Crippen LogP contribution in [0.1, 0.15) is 25.1 Å². The van der Waals surface area contributed by atoms with Crippen LogP contribution < -0.4 is 10.1 Å². The predicted octanol–water partition coefficient (Wildman–Crippen LogP) is 3.01. The third-order valence-corrected chi connectivity index (χ3v) is 2.81. The monoisotopic (exact) mass is 280 g/mol. The molecule has 0 aliphatic carbocycles. The molecule has 108 valence electrons. The van der Waals surface area contributed by atoms with Crippen LogP contribution in [0.2, 0.25) is 0 Å². The SMILES string of the molecule is CC(C)NCc1ccc(OCC#Cc2ccccc2)cn1. The van der Waals surface area contributed by atoms with Crippen LogP contribution in [-0.2, 0) is 6.54 Å². The number of hydrogen-bond acceptors (Lipinski definition) is 3. The molecule has 0 aliphatic rings. The maximum atomic E-state index is 5.55. The smallest absolute Gasteiger partial charge is 0.149 e. The molecule has 1 heterocycles. The molecule has 1 N–H and O–H groups in total. The maximum absolute atomic E-state index is 5.55. The van der Waals surface area contributed by atoms with E-state index in [-0.39, 0.29) is 0 Å². The van der Waals surface area contributed by atoms with E-state index in [1.54, 1.807) is 6.20 Å². The Balaban J connectivity index is 1.80. The Kier molecular flexibility index (Phi) is 5.81. The second-order valence-corrected chi connectivity index (χ2v) is 4.98. The predicted molar refractivity (Wildman–Crippen MR) is 85.0 cm³/mol. The number of ether oxygens (including phenoxy) is 1. The number of aromatic nitrogens is 1. The van der Waals surface area contributed by atoms with E-state index in [1.165, 1.54) is 0 Å². The van der Waals surface area contributed by atoms with Crippen molar-refractivity contribution in [2.24, 2.45) is 0 Å². The lowest BCUT2D eigenvalue weighted by atomic mass is 10.2. The van der Waals surface area contributed by atoms with E-state index in [0.29, 0.717) is 12.6 Å². The summed E-state index contributed by atoms with van der Waals surface area (Å²) in [5, 5.41) is 3.33. The highest BCUT2D eigenvalue weighted by atomic mass is 16.5. The summed E-state index contributed by atoms with van der Waals surface area (Å²) in [5.74, 6) is 6.79. The molecule has 21 heavy (non-hydrogen) atoms. The van der Waals surface area contributed by atoms with Gasteiger partial charge >= 0.3 is 0 Å². The second kappa shape index (κ2) is 8.08. The molecule has 3 heteroatoms. The number of nitrogens with one attached hydrogen (secondary N) is 1. The fraction of sp³-hybridized carbons (Fsp3) is 0.278. The quantitative estimate of drug-likeness (QED) is 0.855. The average molecular weight is 280 g/mol. The highest BCUT2D eigenvalue weighted by molar-refractivity contribution is 5.33. The molecule has 2 aromatic rings. The maximum Gasteiger partial charge on any atom is 0.149 e. The molecule has 1 aromatic carbocycles. The standard InChI is InChI=1S/C18H20N2O/c1-15(2)19-13-17-10-11-18(14-20-17)21-12-6-9-16-7-4-3-5-8-16/h3-5,7-8,10-11,14-15,19H,12-13H2,1-2H3. The van der Waals surface area contributed by atoms with E-state index in [1.807, 2.05) is 42.5 Å². The van der Waals surface area contributed by atoms with Gasteiger partial charge in [-0.05, 0) is 24.3 Å². The molecule has 0 atom stereocenters. The van der Waals surface area contributed by atoms with Crippen LogP contribution in [0.3, 0.4) is 0 Å². The Hall–Kier alpha value is -2.31. The Labute approximate surface area is 126 Å². The second-order valence-electron chi connectivity index (χ2n) is 4.98. The zero-order valence-electron chi connectivity index (χ0n) is 12.5. The van der Waals surface area contributed by atoms with Gasteiger partial charge in [0.2, 0.25) is 0 Å². The Morgan fingerprint density at radius 3 is 2.62 bits per heavy atom. The average Bonchev–Trinajstić information content (AvgIpc) is 2.52. The molecule has 0 amide bonds. The van der Waals surface area contributed by atoms with E-state index in [4.69, 9.17) is 4.74 Å². The summed E-state index contributed by atoms with van der Waals surface area (Å²) in [5.41, 5.74) is 2.00. The summed E-state index contributed by atoms with van der Waals surface area (Å²) in [4.78, 5) is 4.35. The lowest BCUT2D eigenvalue weighted by Gasteiger charge is -2.07. The molecule has 0 bridgehead atoms. The van der Waals surface area contributed by atoms with Gasteiger partial charge in [0.15, 0.2) is 0 Å². The first-order valence-corrected chi connectivity index (χ1v) is 7.09. The Morgan fingerprint density at radius 2 is 1.95 bits per heavy atom. The van der Waals surface area contributed by atoms with Crippen LogP contribution in [0.25, 0.3) is 0 Å². The van der Waals surface area contributed by atoms with Crippen LogP contribution in [0.5, 0.6) is 5.75 Å². The number of pyridine rings is 1. The topological polar surface area (TPSA) is 34.1 Å². The highest BCUT2D eigenvalue weighted by Gasteiger charge is 1.98. The molecule has 0 radical (unpaired) electrons. The van der Waals surface area contributed by atoms with Gasteiger partial charge in [-0.3, -0.25) is 4.98 Å². The van der Waals surface area contributed by atoms with Gasteiger partial charge in [-0.15, -0.1) is 0 Å². The van der Waals surface area contributed by atoms with Crippen LogP contribution in [0.4, 0.5) is 0 Å². The van der Waals surface area contributed by atoms with Gasteiger partial charge < -0.3 is 10.1 Å². The fourth-order valence-electron chi connectivity index (χ4n) is 1.69. The lowest BCUT2D eigenvalue weighted by molar-refractivity contribution is 0.368. The highest BCUT2D eigenvalue weighted by Crippen LogP contribution is 2.08. The first-order chi connectivity index (χ1) is 10.2. The molecule has 3 nitrogen and oxygen atoms in total. The molecule has 0 unspecified atom stereocenters. The van der Waals surface area contributed by atoms with E-state index < -0.39 is 0 Å². The van der Waals surface area contributed by atoms with Gasteiger partial charge in [-0.1, -0.05) is 43.9 Å². The normalized spacial score (nSPS) is 10.0. The van der Waals surface area contributed by atoms with Crippen molar-refractivity contribution in [3.63, 3.8) is 0 Å². The Morgan fingerprint density at radius 1 is 1.14 bits per heavy atom. The number of rotatable bonds is 5. The minimum Gasteiger partial charge on any atom is -0.479 e. The van der Waals surface area contributed by atoms with Crippen LogP contribution in [0.15, 0.2) is 48.7 Å². The molecule has 1 aromatic heterocycles. The molecule has 0 saturated carbocycles. The number of hydrogen-bond donors (Lipinski definition) is 1. The van der Waals surface area contributed by atoms with Crippen molar-refractivity contribution in [1.82, 2.24) is 10.3 Å². The summed E-state index contributed by atoms with van der Waals surface area (Å²) >= 11 is 0. The molecule has 0 aliphatic heterocycles. The summed E-state index contributed by atoms with van der Waals surface area (Å²) in [6.07, 6.45) is 1.74. The van der Waals surface area contributed by atoms with Crippen molar-refractivity contribution in [1.29, 1.82) is 0 Å². The van der Waals surface area contributed by atoms with E-state index >= 15 is 0 Å². The van der Waals surface area contributed by atoms with E-state index in [0.717, 1.165) is 23.6 Å². The van der Waals surface area contributed by atoms with Crippen LogP contribution in [-0.4, -0.2) is 17.6 Å². The van der Waals surface area contributed by atoms with Gasteiger partial charge in [0.25, 0.3) is 0 Å². The third kappa shape index (κ3) is 5.68. The van der Waals surface area contributed by atoms with Gasteiger partial charge in [-0.25, -0.2) is 0 Å². The lowest BCUT2D eigenvalue weighted by Crippen LogP contribution is -2.22. The zero-order chi connectivity index (χ0) is 14.9. The third-order valence-electron chi connectivity index (χ3n) is 2.81. The van der Waals surface area contributed by atoms with Gasteiger partial charge in [0.1, 0.15) is 12.4 Å². The van der Waals surface area contributed by atoms with Gasteiger partial charge in [0.05, 0.1) is 11.9 Å². The van der Waals surface area contributed by atoms with Crippen molar-refractivity contribution in [3.8, 4) is 17.6 Å². The van der Waals surface area contributed by atoms with Crippen molar-refractivity contribution >= 4 is 0 Å². The molecule has 0 spiro atoms. The summed E-state index contributed by atoms with van der Waals surface area (Å²) in [6, 6.07) is 14.2. The largest absolute Gasteiger partial charge is 0.479 e. The first-order valence-electron chi connectivity index (χ1n) is 7.09. The number of benzene rings is 1. The molecular weight excluding hydrogens is 260 g/mol. The zero-order valence-corrected chi connectivity index (χ0v) is 12.5. The molecule has 2 rings (SSSR count). The first kappa shape index (κ1) is 15.1. The minimum atomic E-state index is 0.361. The van der Waals surface area contributed by atoms with Crippen molar-refractivity contribution in [2.75, 3.05) is 6.61 Å². The van der Waals surface area contributed by atoms with Crippen molar-refractivity contribution in [3.05, 3.63) is 59.9 Å². The van der Waals surface area contributed by atoms with E-state index in [2.05, 4.69) is 36.0 Å². The van der Waals surface area contributed by atoms with Crippen molar-refractivity contribution < 1.29 is 4.74 Å². The van der Waals surface area contributed by atoms with Crippen molar-refractivity contribution in [2.45, 2.75) is 26.4 Å². The minimum absolute atomic E-state index is 0.361.